The van der Waals surface area contributed by atoms with Crippen LogP contribution in [0.2, 0.25) is 0 Å². The van der Waals surface area contributed by atoms with Gasteiger partial charge in [0.05, 0.1) is 0 Å². The number of benzene rings is 2. The van der Waals surface area contributed by atoms with Gasteiger partial charge >= 0.3 is 153 Å². The fourth-order valence-electron chi connectivity index (χ4n) is 2.77. The van der Waals surface area contributed by atoms with Crippen LogP contribution in [0.5, 0.6) is 0 Å². The molecule has 0 unspecified atom stereocenters. The summed E-state index contributed by atoms with van der Waals surface area (Å²) in [5.74, 6) is 0. The van der Waals surface area contributed by atoms with Gasteiger partial charge < -0.3 is 0 Å². The molecule has 0 amide bonds. The third kappa shape index (κ3) is 3.04. The van der Waals surface area contributed by atoms with E-state index in [1.54, 1.807) is 0 Å². The molecule has 2 N–H and O–H groups in total. The van der Waals surface area contributed by atoms with E-state index in [1.807, 2.05) is 12.1 Å². The van der Waals surface area contributed by atoms with Gasteiger partial charge in [-0.1, -0.05) is 0 Å². The van der Waals surface area contributed by atoms with Gasteiger partial charge in [0, 0.05) is 0 Å². The van der Waals surface area contributed by atoms with E-state index in [9.17, 15) is 0 Å². The molecule has 0 fully saturated rings. The number of nitrogens with one attached hydrogen (secondary N) is 2. The molecule has 4 aromatic rings. The number of aryl methyl sites for hydroxylation is 2. The molecule has 0 aliphatic rings. The quantitative estimate of drug-likeness (QED) is 0.524. The van der Waals surface area contributed by atoms with E-state index in [0.29, 0.717) is 0 Å². The van der Waals surface area contributed by atoms with E-state index in [-0.39, 0.29) is 15.0 Å². The van der Waals surface area contributed by atoms with Gasteiger partial charge in [-0.05, 0) is 0 Å². The Morgan fingerprint density at radius 2 is 1.04 bits per heavy atom. The van der Waals surface area contributed by atoms with E-state index < -0.39 is 0 Å². The normalized spacial score (nSPS) is 11.0. The number of hydrogen-bond acceptors (Lipinski definition) is 2. The van der Waals surface area contributed by atoms with Gasteiger partial charge in [0.25, 0.3) is 0 Å². The second kappa shape index (κ2) is 6.71. The Bertz CT molecular complexity index is 905. The van der Waals surface area contributed by atoms with Crippen LogP contribution in [0, 0.1) is 13.8 Å². The number of rotatable bonds is 4. The second-order valence-corrected chi connectivity index (χ2v) is 8.03. The molecule has 0 aliphatic carbocycles. The van der Waals surface area contributed by atoms with Crippen molar-refractivity contribution in [3.63, 3.8) is 0 Å². The number of hydrogen-bond donors (Lipinski definition) is 2. The van der Waals surface area contributed by atoms with Crippen LogP contribution in [0.15, 0.2) is 60.7 Å². The molecule has 25 heavy (non-hydrogen) atoms. The zero-order valence-electron chi connectivity index (χ0n) is 14.1. The Labute approximate surface area is 152 Å². The first-order valence-electron chi connectivity index (χ1n) is 8.12. The van der Waals surface area contributed by atoms with Crippen LogP contribution in [0.3, 0.4) is 0 Å². The van der Waals surface area contributed by atoms with Crippen LogP contribution in [0.4, 0.5) is 0 Å². The molecule has 4 rings (SSSR count). The number of H-pyrrole nitrogens is 2. The van der Waals surface area contributed by atoms with Crippen molar-refractivity contribution in [3.05, 3.63) is 72.1 Å². The van der Waals surface area contributed by atoms with Crippen molar-refractivity contribution < 1.29 is 0 Å². The predicted molar refractivity (Wildman–Crippen MR) is 103 cm³/mol. The van der Waals surface area contributed by atoms with Crippen molar-refractivity contribution in [2.24, 2.45) is 0 Å². The summed E-state index contributed by atoms with van der Waals surface area (Å²) in [7, 11) is 0. The fourth-order valence-corrected chi connectivity index (χ4v) is 5.13. The second-order valence-electron chi connectivity index (χ2n) is 5.89. The summed E-state index contributed by atoms with van der Waals surface area (Å²) < 4.78 is 2.56. The number of aromatic amines is 2. The van der Waals surface area contributed by atoms with Gasteiger partial charge in [-0.15, -0.1) is 0 Å². The third-order valence-corrected chi connectivity index (χ3v) is 7.03. The monoisotopic (exact) mass is 394 g/mol. The molecule has 0 saturated carbocycles. The minimum absolute atomic E-state index is 0.102. The molecule has 124 valence electrons. The molecule has 2 heterocycles. The van der Waals surface area contributed by atoms with Crippen molar-refractivity contribution in [2.45, 2.75) is 13.8 Å². The summed E-state index contributed by atoms with van der Waals surface area (Å²) in [6.07, 6.45) is 0. The molecule has 2 aromatic carbocycles. The maximum atomic E-state index is 4.56. The zero-order chi connectivity index (χ0) is 17.2. The van der Waals surface area contributed by atoms with Gasteiger partial charge in [0.1, 0.15) is 0 Å². The van der Waals surface area contributed by atoms with E-state index in [2.05, 4.69) is 82.8 Å². The van der Waals surface area contributed by atoms with Crippen molar-refractivity contribution in [1.29, 1.82) is 0 Å². The number of nitrogens with zero attached hydrogens (tertiary/aromatic N) is 2. The van der Waals surface area contributed by atoms with E-state index in [0.717, 1.165) is 33.9 Å². The van der Waals surface area contributed by atoms with Crippen LogP contribution < -0.4 is 8.92 Å². The van der Waals surface area contributed by atoms with Gasteiger partial charge in [-0.25, -0.2) is 0 Å². The molecule has 4 nitrogen and oxygen atoms in total. The van der Waals surface area contributed by atoms with Crippen LogP contribution in [0.25, 0.3) is 22.5 Å². The molecule has 0 aliphatic heterocycles. The minimum atomic E-state index is 0.102. The Morgan fingerprint density at radius 3 is 1.44 bits per heavy atom. The summed E-state index contributed by atoms with van der Waals surface area (Å²) in [6.45, 7) is 4.18. The zero-order valence-corrected chi connectivity index (χ0v) is 15.8. The summed E-state index contributed by atoms with van der Waals surface area (Å²) in [4.78, 5) is 0. The molecule has 5 heteroatoms. The van der Waals surface area contributed by atoms with Crippen molar-refractivity contribution in [1.82, 2.24) is 20.4 Å². The van der Waals surface area contributed by atoms with Crippen molar-refractivity contribution >= 4 is 23.9 Å². The summed E-state index contributed by atoms with van der Waals surface area (Å²) in [5, 5.41) is 15.4. The Balaban J connectivity index is 1.78. The number of aromatic nitrogens is 4. The Hall–Kier alpha value is -2.62. The molecule has 2 aromatic heterocycles. The fraction of sp³-hybridized carbons (Fsp3) is 0.100. The first kappa shape index (κ1) is 15.9. The molecule has 0 saturated heterocycles. The topological polar surface area (TPSA) is 57.4 Å². The average Bonchev–Trinajstić information content (AvgIpc) is 3.21. The molecular formula is C20H18N4Se. The van der Waals surface area contributed by atoms with E-state index >= 15 is 0 Å². The first-order chi connectivity index (χ1) is 12.2. The average molecular weight is 393 g/mol. The molecule has 0 spiro atoms. The molecule has 0 radical (unpaired) electrons. The van der Waals surface area contributed by atoms with Gasteiger partial charge in [0.15, 0.2) is 0 Å². The molecular weight excluding hydrogens is 375 g/mol. The summed E-state index contributed by atoms with van der Waals surface area (Å²) in [5.41, 5.74) is 6.62. The van der Waals surface area contributed by atoms with Crippen LogP contribution >= 0.6 is 0 Å². The molecule has 0 bridgehead atoms. The van der Waals surface area contributed by atoms with E-state index in [4.69, 9.17) is 0 Å². The van der Waals surface area contributed by atoms with Crippen LogP contribution in [-0.2, 0) is 0 Å². The Morgan fingerprint density at radius 1 is 0.640 bits per heavy atom. The summed E-state index contributed by atoms with van der Waals surface area (Å²) >= 11 is 0.102. The third-order valence-electron chi connectivity index (χ3n) is 4.08. The van der Waals surface area contributed by atoms with Crippen molar-refractivity contribution in [2.75, 3.05) is 0 Å². The van der Waals surface area contributed by atoms with Gasteiger partial charge in [0.2, 0.25) is 0 Å². The standard InChI is InChI=1S/C20H18N4Se/c1-13-19(17(23-21-13)15-9-5-3-6-10-15)25-20-14(2)22-24-18(20)16-11-7-4-8-12-16/h3-12H,1-2H3,(H,21,23)(H,22,24). The first-order valence-corrected chi connectivity index (χ1v) is 9.84. The van der Waals surface area contributed by atoms with Crippen molar-refractivity contribution in [3.8, 4) is 22.5 Å². The van der Waals surface area contributed by atoms with E-state index in [1.165, 1.54) is 8.92 Å². The van der Waals surface area contributed by atoms with Gasteiger partial charge in [-0.3, -0.25) is 0 Å². The van der Waals surface area contributed by atoms with Crippen LogP contribution in [-0.4, -0.2) is 35.4 Å². The van der Waals surface area contributed by atoms with Crippen LogP contribution in [0.1, 0.15) is 11.4 Å². The molecule has 0 atom stereocenters. The summed E-state index contributed by atoms with van der Waals surface area (Å²) in [6, 6.07) is 20.7. The van der Waals surface area contributed by atoms with Gasteiger partial charge in [-0.2, -0.15) is 0 Å². The Kier molecular flexibility index (Phi) is 4.26. The maximum absolute atomic E-state index is 4.56. The SMILES string of the molecule is Cc1[nH]nc(-c2ccccc2)c1[Se]c1c(-c2ccccc2)n[nH]c1C. The predicted octanol–water partition coefficient (Wildman–Crippen LogP) is 2.74.